The standard InChI is InChI=1S/C15H24ClN3.2ClH/c1-2-3-4-7-14(19-11-9-17-10-12-19)13-6-5-8-18-15(13)16;;/h5-6,8,14,17H,2-4,7,9-12H2,1H3;2*1H/t14-;;/m0../s1. The number of nitrogens with zero attached hydrogens (tertiary/aromatic N) is 2. The number of halogens is 3. The Morgan fingerprint density at radius 2 is 2.00 bits per heavy atom. The van der Waals surface area contributed by atoms with E-state index >= 15 is 0 Å². The second kappa shape index (κ2) is 11.5. The van der Waals surface area contributed by atoms with Crippen molar-refractivity contribution in [1.29, 1.82) is 0 Å². The van der Waals surface area contributed by atoms with E-state index in [1.807, 2.05) is 6.07 Å². The van der Waals surface area contributed by atoms with E-state index in [0.717, 1.165) is 26.2 Å². The first-order valence-corrected chi connectivity index (χ1v) is 7.76. The minimum atomic E-state index is 0. The quantitative estimate of drug-likeness (QED) is 0.615. The predicted octanol–water partition coefficient (Wildman–Crippen LogP) is 4.11. The molecule has 1 saturated heterocycles. The van der Waals surface area contributed by atoms with Crippen LogP contribution in [0.5, 0.6) is 0 Å². The van der Waals surface area contributed by atoms with E-state index < -0.39 is 0 Å². The molecule has 0 bridgehead atoms. The number of hydrogen-bond donors (Lipinski definition) is 1. The third-order valence-corrected chi connectivity index (χ3v) is 4.14. The first-order chi connectivity index (χ1) is 9.33. The van der Waals surface area contributed by atoms with Crippen LogP contribution < -0.4 is 5.32 Å². The maximum Gasteiger partial charge on any atom is 0.133 e. The molecule has 0 unspecified atom stereocenters. The van der Waals surface area contributed by atoms with E-state index in [-0.39, 0.29) is 24.8 Å². The maximum atomic E-state index is 6.30. The van der Waals surface area contributed by atoms with Gasteiger partial charge in [0.25, 0.3) is 0 Å². The molecule has 122 valence electrons. The van der Waals surface area contributed by atoms with Gasteiger partial charge >= 0.3 is 0 Å². The van der Waals surface area contributed by atoms with Gasteiger partial charge in [-0.25, -0.2) is 4.98 Å². The molecule has 0 aromatic carbocycles. The number of rotatable bonds is 6. The monoisotopic (exact) mass is 353 g/mol. The van der Waals surface area contributed by atoms with Crippen LogP contribution in [0.4, 0.5) is 0 Å². The van der Waals surface area contributed by atoms with Crippen molar-refractivity contribution >= 4 is 36.4 Å². The summed E-state index contributed by atoms with van der Waals surface area (Å²) in [4.78, 5) is 6.80. The smallest absolute Gasteiger partial charge is 0.133 e. The average molecular weight is 355 g/mol. The zero-order chi connectivity index (χ0) is 13.5. The summed E-state index contributed by atoms with van der Waals surface area (Å²) in [6.07, 6.45) is 6.76. The van der Waals surface area contributed by atoms with Crippen LogP contribution >= 0.6 is 36.4 Å². The normalized spacial score (nSPS) is 16.7. The highest BCUT2D eigenvalue weighted by Gasteiger charge is 2.23. The summed E-state index contributed by atoms with van der Waals surface area (Å²) < 4.78 is 0. The molecule has 0 spiro atoms. The zero-order valence-corrected chi connectivity index (χ0v) is 14.9. The minimum absolute atomic E-state index is 0. The first kappa shape index (κ1) is 20.9. The van der Waals surface area contributed by atoms with Gasteiger partial charge in [0.15, 0.2) is 0 Å². The second-order valence-corrected chi connectivity index (χ2v) is 5.54. The zero-order valence-electron chi connectivity index (χ0n) is 12.6. The molecule has 21 heavy (non-hydrogen) atoms. The van der Waals surface area contributed by atoms with Crippen LogP contribution in [0, 0.1) is 0 Å². The van der Waals surface area contributed by atoms with Gasteiger partial charge in [-0.1, -0.05) is 43.9 Å². The lowest BCUT2D eigenvalue weighted by molar-refractivity contribution is 0.162. The van der Waals surface area contributed by atoms with Gasteiger partial charge in [-0.05, 0) is 12.5 Å². The van der Waals surface area contributed by atoms with Gasteiger partial charge in [-0.15, -0.1) is 24.8 Å². The van der Waals surface area contributed by atoms with Gasteiger partial charge in [0.1, 0.15) is 5.15 Å². The molecule has 0 saturated carbocycles. The van der Waals surface area contributed by atoms with E-state index in [4.69, 9.17) is 11.6 Å². The van der Waals surface area contributed by atoms with Crippen LogP contribution in [0.1, 0.15) is 44.2 Å². The van der Waals surface area contributed by atoms with Crippen LogP contribution in [0.15, 0.2) is 18.3 Å². The van der Waals surface area contributed by atoms with Crippen molar-refractivity contribution in [3.63, 3.8) is 0 Å². The SMILES string of the molecule is CCCCC[C@@H](c1cccnc1Cl)N1CCNCC1.Cl.Cl. The fourth-order valence-electron chi connectivity index (χ4n) is 2.76. The number of unbranched alkanes of at least 4 members (excludes halogenated alkanes) is 2. The molecule has 1 aliphatic rings. The predicted molar refractivity (Wildman–Crippen MR) is 95.1 cm³/mol. The fraction of sp³-hybridized carbons (Fsp3) is 0.667. The van der Waals surface area contributed by atoms with Crippen LogP contribution in [0.2, 0.25) is 5.15 Å². The summed E-state index contributed by atoms with van der Waals surface area (Å²) in [6, 6.07) is 4.55. The fourth-order valence-corrected chi connectivity index (χ4v) is 3.01. The molecule has 3 nitrogen and oxygen atoms in total. The van der Waals surface area contributed by atoms with Crippen molar-refractivity contribution in [2.45, 2.75) is 38.6 Å². The lowest BCUT2D eigenvalue weighted by atomic mass is 9.99. The van der Waals surface area contributed by atoms with Crippen molar-refractivity contribution in [1.82, 2.24) is 15.2 Å². The molecule has 1 aliphatic heterocycles. The Kier molecular flexibility index (Phi) is 11.5. The Balaban J connectivity index is 0.00000200. The molecular weight excluding hydrogens is 329 g/mol. The molecule has 0 amide bonds. The number of nitrogens with one attached hydrogen (secondary N) is 1. The van der Waals surface area contributed by atoms with Gasteiger partial charge in [0, 0.05) is 44.0 Å². The molecular formula is C15H26Cl3N3. The summed E-state index contributed by atoms with van der Waals surface area (Å²) in [5.41, 5.74) is 1.20. The number of hydrogen-bond acceptors (Lipinski definition) is 3. The molecule has 6 heteroatoms. The molecule has 2 rings (SSSR count). The van der Waals surface area contributed by atoms with Crippen molar-refractivity contribution in [2.75, 3.05) is 26.2 Å². The van der Waals surface area contributed by atoms with Gasteiger partial charge in [0.2, 0.25) is 0 Å². The summed E-state index contributed by atoms with van der Waals surface area (Å²) in [5.74, 6) is 0. The maximum absolute atomic E-state index is 6.30. The van der Waals surface area contributed by atoms with Gasteiger partial charge < -0.3 is 5.32 Å². The van der Waals surface area contributed by atoms with Gasteiger partial charge in [-0.3, -0.25) is 4.90 Å². The highest BCUT2D eigenvalue weighted by Crippen LogP contribution is 2.30. The van der Waals surface area contributed by atoms with E-state index in [1.54, 1.807) is 6.20 Å². The molecule has 0 aliphatic carbocycles. The molecule has 1 aromatic heterocycles. The summed E-state index contributed by atoms with van der Waals surface area (Å²) in [7, 11) is 0. The number of aromatic nitrogens is 1. The van der Waals surface area contributed by atoms with Crippen molar-refractivity contribution in [3.05, 3.63) is 29.0 Å². The van der Waals surface area contributed by atoms with Crippen LogP contribution in [0.25, 0.3) is 0 Å². The van der Waals surface area contributed by atoms with Crippen molar-refractivity contribution < 1.29 is 0 Å². The van der Waals surface area contributed by atoms with E-state index in [9.17, 15) is 0 Å². The average Bonchev–Trinajstić information content (AvgIpc) is 2.46. The summed E-state index contributed by atoms with van der Waals surface area (Å²) in [5, 5.41) is 4.08. The number of pyridine rings is 1. The summed E-state index contributed by atoms with van der Waals surface area (Å²) in [6.45, 7) is 6.59. The Morgan fingerprint density at radius 3 is 2.62 bits per heavy atom. The lowest BCUT2D eigenvalue weighted by Gasteiger charge is -2.35. The second-order valence-electron chi connectivity index (χ2n) is 5.18. The van der Waals surface area contributed by atoms with E-state index in [1.165, 1.54) is 31.2 Å². The Hall–Kier alpha value is -0.0600. The Bertz CT molecular complexity index is 384. The topological polar surface area (TPSA) is 28.2 Å². The third-order valence-electron chi connectivity index (χ3n) is 3.82. The van der Waals surface area contributed by atoms with Gasteiger partial charge in [0.05, 0.1) is 0 Å². The number of piperazine rings is 1. The minimum Gasteiger partial charge on any atom is -0.314 e. The van der Waals surface area contributed by atoms with E-state index in [0.29, 0.717) is 11.2 Å². The molecule has 2 heterocycles. The molecule has 0 radical (unpaired) electrons. The molecule has 1 N–H and O–H groups in total. The highest BCUT2D eigenvalue weighted by molar-refractivity contribution is 6.30. The van der Waals surface area contributed by atoms with Crippen molar-refractivity contribution in [3.8, 4) is 0 Å². The highest BCUT2D eigenvalue weighted by atomic mass is 35.5. The summed E-state index contributed by atoms with van der Waals surface area (Å²) >= 11 is 6.30. The molecule has 1 fully saturated rings. The Labute approximate surface area is 145 Å². The lowest BCUT2D eigenvalue weighted by Crippen LogP contribution is -2.45. The van der Waals surface area contributed by atoms with Gasteiger partial charge in [-0.2, -0.15) is 0 Å². The Morgan fingerprint density at radius 1 is 1.29 bits per heavy atom. The molecule has 1 aromatic rings. The van der Waals surface area contributed by atoms with E-state index in [2.05, 4.69) is 28.2 Å². The largest absolute Gasteiger partial charge is 0.314 e. The third kappa shape index (κ3) is 6.29. The van der Waals surface area contributed by atoms with Crippen LogP contribution in [0.3, 0.4) is 0 Å². The molecule has 1 atom stereocenters. The first-order valence-electron chi connectivity index (χ1n) is 7.38. The van der Waals surface area contributed by atoms with Crippen molar-refractivity contribution in [2.24, 2.45) is 0 Å². The van der Waals surface area contributed by atoms with Crippen LogP contribution in [-0.2, 0) is 0 Å². The van der Waals surface area contributed by atoms with Crippen LogP contribution in [-0.4, -0.2) is 36.1 Å².